The minimum Gasteiger partial charge on any atom is -0.322 e. The molecule has 3 aromatic rings. The topological polar surface area (TPSA) is 35.6 Å². The molecule has 0 unspecified atom stereocenters. The van der Waals surface area contributed by atoms with Crippen molar-refractivity contribution >= 4 is 38.6 Å². The van der Waals surface area contributed by atoms with E-state index < -0.39 is 0 Å². The van der Waals surface area contributed by atoms with Crippen molar-refractivity contribution in [2.24, 2.45) is 7.05 Å². The molecule has 0 N–H and O–H groups in total. The first-order valence-corrected chi connectivity index (χ1v) is 7.69. The average molecular weight is 354 g/mol. The third kappa shape index (κ3) is 2.60. The Balaban J connectivity index is 2.09. The van der Waals surface area contributed by atoms with Crippen LogP contribution in [0.4, 0.5) is 0 Å². The summed E-state index contributed by atoms with van der Waals surface area (Å²) in [6.45, 7) is 0.708. The standard InChI is InChI=1S/C14H14BrClN4/c1-19-7-5-11(18-19)9-20-13-8-10(15)2-3-12(13)17-14(20)4-6-16/h2-3,5,7-8H,4,6,9H2,1H3. The fraction of sp³-hybridized carbons (Fsp3) is 0.286. The molecule has 0 amide bonds. The summed E-state index contributed by atoms with van der Waals surface area (Å²) in [5.74, 6) is 1.56. The van der Waals surface area contributed by atoms with Gasteiger partial charge in [0.25, 0.3) is 0 Å². The molecule has 0 saturated heterocycles. The summed E-state index contributed by atoms with van der Waals surface area (Å²) in [5, 5.41) is 4.44. The molecule has 0 fully saturated rings. The van der Waals surface area contributed by atoms with Crippen LogP contribution in [-0.2, 0) is 20.0 Å². The Morgan fingerprint density at radius 2 is 2.15 bits per heavy atom. The lowest BCUT2D eigenvalue weighted by Gasteiger charge is -2.06. The molecule has 0 radical (unpaired) electrons. The van der Waals surface area contributed by atoms with Crippen molar-refractivity contribution in [2.45, 2.75) is 13.0 Å². The largest absolute Gasteiger partial charge is 0.322 e. The van der Waals surface area contributed by atoms with Gasteiger partial charge in [-0.25, -0.2) is 4.98 Å². The van der Waals surface area contributed by atoms with Crippen molar-refractivity contribution < 1.29 is 0 Å². The molecular formula is C14H14BrClN4. The Morgan fingerprint density at radius 1 is 1.30 bits per heavy atom. The molecule has 0 bridgehead atoms. The number of fused-ring (bicyclic) bond motifs is 1. The second-order valence-electron chi connectivity index (χ2n) is 4.67. The fourth-order valence-corrected chi connectivity index (χ4v) is 2.83. The van der Waals surface area contributed by atoms with Gasteiger partial charge in [-0.2, -0.15) is 5.10 Å². The van der Waals surface area contributed by atoms with Crippen molar-refractivity contribution in [3.63, 3.8) is 0 Å². The van der Waals surface area contributed by atoms with E-state index in [0.717, 1.165) is 33.4 Å². The van der Waals surface area contributed by atoms with Crippen LogP contribution in [-0.4, -0.2) is 25.2 Å². The molecule has 1 aromatic carbocycles. The maximum Gasteiger partial charge on any atom is 0.111 e. The summed E-state index contributed by atoms with van der Waals surface area (Å²) >= 11 is 9.41. The molecule has 104 valence electrons. The molecule has 2 heterocycles. The smallest absolute Gasteiger partial charge is 0.111 e. The first-order chi connectivity index (χ1) is 9.67. The summed E-state index contributed by atoms with van der Waals surface area (Å²) in [7, 11) is 1.92. The SMILES string of the molecule is Cn1ccc(Cn2c(CCCl)nc3ccc(Br)cc32)n1. The Bertz CT molecular complexity index is 747. The van der Waals surface area contributed by atoms with Crippen LogP contribution < -0.4 is 0 Å². The number of hydrogen-bond acceptors (Lipinski definition) is 2. The Kier molecular flexibility index (Phi) is 3.81. The third-order valence-corrected chi connectivity index (χ3v) is 3.88. The molecule has 0 aliphatic rings. The predicted octanol–water partition coefficient (Wildman–Crippen LogP) is 3.36. The number of benzene rings is 1. The highest BCUT2D eigenvalue weighted by Gasteiger charge is 2.12. The van der Waals surface area contributed by atoms with E-state index in [1.807, 2.05) is 36.1 Å². The van der Waals surface area contributed by atoms with Crippen LogP contribution in [0.25, 0.3) is 11.0 Å². The molecule has 6 heteroatoms. The summed E-state index contributed by atoms with van der Waals surface area (Å²) < 4.78 is 5.04. The van der Waals surface area contributed by atoms with Crippen molar-refractivity contribution in [3.05, 3.63) is 46.5 Å². The second-order valence-corrected chi connectivity index (χ2v) is 5.96. The molecule has 0 aliphatic carbocycles. The number of imidazole rings is 1. The lowest BCUT2D eigenvalue weighted by Crippen LogP contribution is -2.07. The van der Waals surface area contributed by atoms with Crippen molar-refractivity contribution in [3.8, 4) is 0 Å². The molecule has 20 heavy (non-hydrogen) atoms. The van der Waals surface area contributed by atoms with Crippen molar-refractivity contribution in [1.82, 2.24) is 19.3 Å². The number of halogens is 2. The van der Waals surface area contributed by atoms with E-state index in [9.17, 15) is 0 Å². The molecule has 4 nitrogen and oxygen atoms in total. The van der Waals surface area contributed by atoms with Crippen LogP contribution in [0.3, 0.4) is 0 Å². The van der Waals surface area contributed by atoms with E-state index in [4.69, 9.17) is 11.6 Å². The van der Waals surface area contributed by atoms with Gasteiger partial charge in [0.1, 0.15) is 5.82 Å². The van der Waals surface area contributed by atoms with Crippen LogP contribution >= 0.6 is 27.5 Å². The van der Waals surface area contributed by atoms with Gasteiger partial charge < -0.3 is 4.57 Å². The summed E-state index contributed by atoms with van der Waals surface area (Å²) in [5.41, 5.74) is 3.11. The van der Waals surface area contributed by atoms with E-state index >= 15 is 0 Å². The zero-order valence-electron chi connectivity index (χ0n) is 11.1. The zero-order valence-corrected chi connectivity index (χ0v) is 13.4. The molecule has 0 atom stereocenters. The number of rotatable bonds is 4. The first kappa shape index (κ1) is 13.6. The highest BCUT2D eigenvalue weighted by atomic mass is 79.9. The number of alkyl halides is 1. The zero-order chi connectivity index (χ0) is 14.1. The predicted molar refractivity (Wildman–Crippen MR) is 84.2 cm³/mol. The monoisotopic (exact) mass is 352 g/mol. The van der Waals surface area contributed by atoms with Gasteiger partial charge >= 0.3 is 0 Å². The van der Waals surface area contributed by atoms with E-state index in [1.165, 1.54) is 0 Å². The lowest BCUT2D eigenvalue weighted by molar-refractivity contribution is 0.694. The third-order valence-electron chi connectivity index (χ3n) is 3.20. The fourth-order valence-electron chi connectivity index (χ4n) is 2.31. The number of hydrogen-bond donors (Lipinski definition) is 0. The van der Waals surface area contributed by atoms with Crippen LogP contribution in [0.2, 0.25) is 0 Å². The average Bonchev–Trinajstić information content (AvgIpc) is 2.96. The van der Waals surface area contributed by atoms with Gasteiger partial charge in [0, 0.05) is 30.0 Å². The summed E-state index contributed by atoms with van der Waals surface area (Å²) in [6.07, 6.45) is 2.70. The van der Waals surface area contributed by atoms with Gasteiger partial charge in [0.2, 0.25) is 0 Å². The van der Waals surface area contributed by atoms with Crippen LogP contribution in [0.5, 0.6) is 0 Å². The van der Waals surface area contributed by atoms with E-state index in [0.29, 0.717) is 12.4 Å². The number of nitrogens with zero attached hydrogens (tertiary/aromatic N) is 4. The minimum atomic E-state index is 0.562. The maximum absolute atomic E-state index is 5.89. The normalized spacial score (nSPS) is 11.3. The van der Waals surface area contributed by atoms with Crippen molar-refractivity contribution in [1.29, 1.82) is 0 Å². The van der Waals surface area contributed by atoms with E-state index in [1.54, 1.807) is 0 Å². The van der Waals surface area contributed by atoms with Crippen LogP contribution in [0.1, 0.15) is 11.5 Å². The van der Waals surface area contributed by atoms with Gasteiger partial charge in [-0.15, -0.1) is 11.6 Å². The molecule has 0 spiro atoms. The first-order valence-electron chi connectivity index (χ1n) is 6.36. The Hall–Kier alpha value is -1.33. The lowest BCUT2D eigenvalue weighted by atomic mass is 10.3. The quantitative estimate of drug-likeness (QED) is 0.674. The van der Waals surface area contributed by atoms with Gasteiger partial charge in [-0.3, -0.25) is 4.68 Å². The van der Waals surface area contributed by atoms with Crippen LogP contribution in [0.15, 0.2) is 34.9 Å². The molecule has 3 rings (SSSR count). The minimum absolute atomic E-state index is 0.562. The molecule has 2 aromatic heterocycles. The van der Waals surface area contributed by atoms with Gasteiger partial charge in [0.15, 0.2) is 0 Å². The van der Waals surface area contributed by atoms with Crippen molar-refractivity contribution in [2.75, 3.05) is 5.88 Å². The van der Waals surface area contributed by atoms with Gasteiger partial charge in [-0.1, -0.05) is 15.9 Å². The number of aromatic nitrogens is 4. The van der Waals surface area contributed by atoms with Gasteiger partial charge in [-0.05, 0) is 24.3 Å². The highest BCUT2D eigenvalue weighted by molar-refractivity contribution is 9.10. The molecular weight excluding hydrogens is 340 g/mol. The molecule has 0 saturated carbocycles. The molecule has 0 aliphatic heterocycles. The Labute approximate surface area is 130 Å². The van der Waals surface area contributed by atoms with E-state index in [2.05, 4.69) is 36.6 Å². The number of aryl methyl sites for hydroxylation is 2. The second kappa shape index (κ2) is 5.58. The highest BCUT2D eigenvalue weighted by Crippen LogP contribution is 2.22. The summed E-state index contributed by atoms with van der Waals surface area (Å²) in [4.78, 5) is 4.67. The van der Waals surface area contributed by atoms with E-state index in [-0.39, 0.29) is 0 Å². The van der Waals surface area contributed by atoms with Gasteiger partial charge in [0.05, 0.1) is 23.3 Å². The Morgan fingerprint density at radius 3 is 2.85 bits per heavy atom. The maximum atomic E-state index is 5.89. The summed E-state index contributed by atoms with van der Waals surface area (Å²) in [6, 6.07) is 8.13. The van der Waals surface area contributed by atoms with Crippen LogP contribution in [0, 0.1) is 0 Å².